The third kappa shape index (κ3) is 3.91. The van der Waals surface area contributed by atoms with Gasteiger partial charge in [-0.1, -0.05) is 15.9 Å². The molecular weight excluding hydrogens is 258 g/mol. The van der Waals surface area contributed by atoms with Gasteiger partial charge in [-0.2, -0.15) is 0 Å². The van der Waals surface area contributed by atoms with Crippen molar-refractivity contribution in [3.8, 4) is 5.75 Å². The highest BCUT2D eigenvalue weighted by atomic mass is 79.9. The van der Waals surface area contributed by atoms with Gasteiger partial charge in [0.05, 0.1) is 6.61 Å². The van der Waals surface area contributed by atoms with E-state index in [2.05, 4.69) is 21.2 Å². The molecule has 3 nitrogen and oxygen atoms in total. The van der Waals surface area contributed by atoms with Crippen LogP contribution in [0, 0.1) is 0 Å². The van der Waals surface area contributed by atoms with Crippen molar-refractivity contribution >= 4 is 21.8 Å². The highest BCUT2D eigenvalue weighted by Gasteiger charge is 2.03. The van der Waals surface area contributed by atoms with E-state index in [0.717, 1.165) is 11.1 Å². The molecule has 0 aliphatic heterocycles. The normalized spacial score (nSPS) is 9.73. The molecule has 0 saturated heterocycles. The highest BCUT2D eigenvalue weighted by Crippen LogP contribution is 2.11. The smallest absolute Gasteiger partial charge is 0.251 e. The molecular formula is C11H14BrNO2. The van der Waals surface area contributed by atoms with Gasteiger partial charge in [-0.3, -0.25) is 4.79 Å². The SMILES string of the molecule is CCOc1ccc(C(=O)NCCBr)cc1. The summed E-state index contributed by atoms with van der Waals surface area (Å²) in [4.78, 5) is 11.5. The molecule has 15 heavy (non-hydrogen) atoms. The Hall–Kier alpha value is -1.03. The zero-order valence-corrected chi connectivity index (χ0v) is 10.2. The Morgan fingerprint density at radius 2 is 2.07 bits per heavy atom. The fourth-order valence-corrected chi connectivity index (χ4v) is 1.33. The number of halogens is 1. The molecule has 0 saturated carbocycles. The summed E-state index contributed by atoms with van der Waals surface area (Å²) >= 11 is 3.25. The second-order valence-corrected chi connectivity index (χ2v) is 3.70. The summed E-state index contributed by atoms with van der Waals surface area (Å²) in [6.45, 7) is 3.19. The average Bonchev–Trinajstić information content (AvgIpc) is 2.27. The molecule has 0 bridgehead atoms. The van der Waals surface area contributed by atoms with Crippen LogP contribution in [-0.4, -0.2) is 24.4 Å². The molecule has 0 aromatic heterocycles. The van der Waals surface area contributed by atoms with Gasteiger partial charge in [0.15, 0.2) is 0 Å². The number of alkyl halides is 1. The molecule has 1 rings (SSSR count). The topological polar surface area (TPSA) is 38.3 Å². The van der Waals surface area contributed by atoms with E-state index in [1.807, 2.05) is 6.92 Å². The molecule has 0 aliphatic rings. The first kappa shape index (κ1) is 12.0. The Bertz CT molecular complexity index is 311. The second kappa shape index (κ2) is 6.45. The van der Waals surface area contributed by atoms with Gasteiger partial charge in [0.25, 0.3) is 5.91 Å². The number of nitrogens with one attached hydrogen (secondary N) is 1. The van der Waals surface area contributed by atoms with E-state index in [1.165, 1.54) is 0 Å². The van der Waals surface area contributed by atoms with Gasteiger partial charge >= 0.3 is 0 Å². The van der Waals surface area contributed by atoms with Crippen molar-refractivity contribution in [1.29, 1.82) is 0 Å². The molecule has 0 spiro atoms. The van der Waals surface area contributed by atoms with Gasteiger partial charge in [-0.25, -0.2) is 0 Å². The number of carbonyl (C=O) groups excluding carboxylic acids is 1. The minimum atomic E-state index is -0.0579. The molecule has 0 atom stereocenters. The lowest BCUT2D eigenvalue weighted by molar-refractivity contribution is 0.0956. The first-order chi connectivity index (χ1) is 7.27. The molecule has 0 unspecified atom stereocenters. The predicted molar refractivity (Wildman–Crippen MR) is 63.7 cm³/mol. The van der Waals surface area contributed by atoms with Crippen LogP contribution in [-0.2, 0) is 0 Å². The number of hydrogen-bond donors (Lipinski definition) is 1. The van der Waals surface area contributed by atoms with E-state index in [1.54, 1.807) is 24.3 Å². The van der Waals surface area contributed by atoms with Crippen LogP contribution in [0.5, 0.6) is 5.75 Å². The Morgan fingerprint density at radius 3 is 2.60 bits per heavy atom. The maximum Gasteiger partial charge on any atom is 0.251 e. The quantitative estimate of drug-likeness (QED) is 0.834. The second-order valence-electron chi connectivity index (χ2n) is 2.90. The number of amides is 1. The van der Waals surface area contributed by atoms with E-state index in [9.17, 15) is 4.79 Å². The monoisotopic (exact) mass is 271 g/mol. The third-order valence-electron chi connectivity index (χ3n) is 1.81. The molecule has 1 amide bonds. The van der Waals surface area contributed by atoms with Crippen molar-refractivity contribution in [2.24, 2.45) is 0 Å². The Morgan fingerprint density at radius 1 is 1.40 bits per heavy atom. The third-order valence-corrected chi connectivity index (χ3v) is 2.20. The first-order valence-corrected chi connectivity index (χ1v) is 5.97. The Kier molecular flexibility index (Phi) is 5.18. The van der Waals surface area contributed by atoms with Crippen LogP contribution >= 0.6 is 15.9 Å². The van der Waals surface area contributed by atoms with Crippen LogP contribution in [0.3, 0.4) is 0 Å². The first-order valence-electron chi connectivity index (χ1n) is 4.85. The van der Waals surface area contributed by atoms with E-state index in [4.69, 9.17) is 4.74 Å². The molecule has 82 valence electrons. The summed E-state index contributed by atoms with van der Waals surface area (Å²) in [5.41, 5.74) is 0.652. The van der Waals surface area contributed by atoms with Crippen LogP contribution in [0.25, 0.3) is 0 Å². The zero-order valence-electron chi connectivity index (χ0n) is 8.63. The molecule has 1 N–H and O–H groups in total. The fraction of sp³-hybridized carbons (Fsp3) is 0.364. The minimum Gasteiger partial charge on any atom is -0.494 e. The molecule has 0 aliphatic carbocycles. The number of carbonyl (C=O) groups is 1. The summed E-state index contributed by atoms with van der Waals surface area (Å²) in [5.74, 6) is 0.729. The molecule has 0 heterocycles. The summed E-state index contributed by atoms with van der Waals surface area (Å²) in [6.07, 6.45) is 0. The van der Waals surface area contributed by atoms with Gasteiger partial charge < -0.3 is 10.1 Å². The number of hydrogen-bond acceptors (Lipinski definition) is 2. The lowest BCUT2D eigenvalue weighted by Crippen LogP contribution is -2.24. The standard InChI is InChI=1S/C11H14BrNO2/c1-2-15-10-5-3-9(4-6-10)11(14)13-8-7-12/h3-6H,2,7-8H2,1H3,(H,13,14). The van der Waals surface area contributed by atoms with Gasteiger partial charge in [-0.05, 0) is 31.2 Å². The zero-order chi connectivity index (χ0) is 11.1. The summed E-state index contributed by atoms with van der Waals surface area (Å²) in [7, 11) is 0. The van der Waals surface area contributed by atoms with Gasteiger partial charge in [0.1, 0.15) is 5.75 Å². The van der Waals surface area contributed by atoms with E-state index in [-0.39, 0.29) is 5.91 Å². The van der Waals surface area contributed by atoms with Crippen LogP contribution in [0.2, 0.25) is 0 Å². The van der Waals surface area contributed by atoms with Crippen molar-refractivity contribution < 1.29 is 9.53 Å². The lowest BCUT2D eigenvalue weighted by Gasteiger charge is -2.05. The maximum absolute atomic E-state index is 11.5. The number of rotatable bonds is 5. The summed E-state index contributed by atoms with van der Waals surface area (Å²) < 4.78 is 5.28. The molecule has 1 aromatic rings. The average molecular weight is 272 g/mol. The predicted octanol–water partition coefficient (Wildman–Crippen LogP) is 2.21. The summed E-state index contributed by atoms with van der Waals surface area (Å²) in [5, 5.41) is 3.53. The van der Waals surface area contributed by atoms with E-state index < -0.39 is 0 Å². The Balaban J connectivity index is 2.58. The number of ether oxygens (including phenoxy) is 1. The number of benzene rings is 1. The molecule has 0 radical (unpaired) electrons. The minimum absolute atomic E-state index is 0.0579. The van der Waals surface area contributed by atoms with Crippen LogP contribution in [0.15, 0.2) is 24.3 Å². The molecule has 0 fully saturated rings. The highest BCUT2D eigenvalue weighted by molar-refractivity contribution is 9.09. The molecule has 1 aromatic carbocycles. The maximum atomic E-state index is 11.5. The van der Waals surface area contributed by atoms with Crippen molar-refractivity contribution in [1.82, 2.24) is 5.32 Å². The fourth-order valence-electron chi connectivity index (χ4n) is 1.13. The van der Waals surface area contributed by atoms with Crippen LogP contribution in [0.1, 0.15) is 17.3 Å². The lowest BCUT2D eigenvalue weighted by atomic mass is 10.2. The van der Waals surface area contributed by atoms with Gasteiger partial charge in [0, 0.05) is 17.4 Å². The van der Waals surface area contributed by atoms with Gasteiger partial charge in [-0.15, -0.1) is 0 Å². The molecule has 4 heteroatoms. The van der Waals surface area contributed by atoms with Crippen LogP contribution < -0.4 is 10.1 Å². The van der Waals surface area contributed by atoms with Crippen LogP contribution in [0.4, 0.5) is 0 Å². The van der Waals surface area contributed by atoms with Crippen molar-refractivity contribution in [2.75, 3.05) is 18.5 Å². The van der Waals surface area contributed by atoms with E-state index >= 15 is 0 Å². The van der Waals surface area contributed by atoms with Gasteiger partial charge in [0.2, 0.25) is 0 Å². The van der Waals surface area contributed by atoms with Crippen molar-refractivity contribution in [2.45, 2.75) is 6.92 Å². The van der Waals surface area contributed by atoms with Crippen molar-refractivity contribution in [3.05, 3.63) is 29.8 Å². The van der Waals surface area contributed by atoms with E-state index in [0.29, 0.717) is 18.7 Å². The largest absolute Gasteiger partial charge is 0.494 e. The Labute approximate surface area is 97.9 Å². The summed E-state index contributed by atoms with van der Waals surface area (Å²) in [6, 6.07) is 7.11. The van der Waals surface area contributed by atoms with Crippen molar-refractivity contribution in [3.63, 3.8) is 0 Å².